The first kappa shape index (κ1) is 11.3. The first-order chi connectivity index (χ1) is 6.74. The first-order valence-corrected chi connectivity index (χ1v) is 5.43. The molecule has 0 spiro atoms. The number of carbonyl (C=O) groups is 1. The molecule has 1 aliphatic rings. The highest BCUT2D eigenvalue weighted by Gasteiger charge is 2.25. The zero-order valence-corrected chi connectivity index (χ0v) is 8.79. The fraction of sp³-hybridized carbons (Fsp3) is 0.900. The van der Waals surface area contributed by atoms with E-state index in [-0.39, 0.29) is 18.2 Å². The number of rotatable bonds is 4. The molecular weight excluding hydrogens is 180 g/mol. The lowest BCUT2D eigenvalue weighted by Crippen LogP contribution is -2.44. The summed E-state index contributed by atoms with van der Waals surface area (Å²) in [6, 6.07) is 0.220. The van der Waals surface area contributed by atoms with Crippen LogP contribution in [-0.2, 0) is 4.74 Å². The molecule has 3 N–H and O–H groups in total. The van der Waals surface area contributed by atoms with Gasteiger partial charge in [-0.2, -0.15) is 0 Å². The van der Waals surface area contributed by atoms with Gasteiger partial charge in [-0.1, -0.05) is 13.3 Å². The zero-order valence-electron chi connectivity index (χ0n) is 8.79. The van der Waals surface area contributed by atoms with E-state index in [1.165, 1.54) is 0 Å². The predicted molar refractivity (Wildman–Crippen MR) is 55.0 cm³/mol. The number of unbranched alkanes of at least 4 members (excludes halogenated alkanes) is 1. The van der Waals surface area contributed by atoms with Gasteiger partial charge in [0.2, 0.25) is 0 Å². The van der Waals surface area contributed by atoms with Crippen molar-refractivity contribution in [2.75, 3.05) is 6.61 Å². The molecule has 14 heavy (non-hydrogen) atoms. The van der Waals surface area contributed by atoms with Gasteiger partial charge >= 0.3 is 6.09 Å². The van der Waals surface area contributed by atoms with E-state index in [0.717, 1.165) is 32.1 Å². The van der Waals surface area contributed by atoms with Gasteiger partial charge in [0.1, 0.15) is 0 Å². The van der Waals surface area contributed by atoms with Crippen LogP contribution >= 0.6 is 0 Å². The minimum Gasteiger partial charge on any atom is -0.450 e. The van der Waals surface area contributed by atoms with Crippen LogP contribution in [0.2, 0.25) is 0 Å². The number of nitrogens with two attached hydrogens (primary N) is 1. The van der Waals surface area contributed by atoms with Gasteiger partial charge in [0.05, 0.1) is 6.61 Å². The fourth-order valence-electron chi connectivity index (χ4n) is 1.67. The van der Waals surface area contributed by atoms with Crippen LogP contribution in [0.4, 0.5) is 4.79 Å². The minimum atomic E-state index is -0.319. The lowest BCUT2D eigenvalue weighted by atomic mass is 10.2. The molecule has 0 aromatic heterocycles. The first-order valence-electron chi connectivity index (χ1n) is 5.43. The summed E-state index contributed by atoms with van der Waals surface area (Å²) < 4.78 is 4.99. The SMILES string of the molecule is CCCCOC(=O)N[C@H]1CCC[C@H]1N. The van der Waals surface area contributed by atoms with Crippen LogP contribution < -0.4 is 11.1 Å². The van der Waals surface area contributed by atoms with Gasteiger partial charge in [-0.15, -0.1) is 0 Å². The Balaban J connectivity index is 2.13. The zero-order chi connectivity index (χ0) is 10.4. The molecule has 0 aliphatic heterocycles. The number of ether oxygens (including phenoxy) is 1. The highest BCUT2D eigenvalue weighted by Crippen LogP contribution is 2.16. The Hall–Kier alpha value is -0.770. The quantitative estimate of drug-likeness (QED) is 0.674. The molecule has 4 heteroatoms. The van der Waals surface area contributed by atoms with Crippen LogP contribution in [0.3, 0.4) is 0 Å². The summed E-state index contributed by atoms with van der Waals surface area (Å²) >= 11 is 0. The third-order valence-corrected chi connectivity index (χ3v) is 2.60. The molecule has 1 aliphatic carbocycles. The summed E-state index contributed by atoms with van der Waals surface area (Å²) in [4.78, 5) is 11.2. The Morgan fingerprint density at radius 3 is 2.93 bits per heavy atom. The van der Waals surface area contributed by atoms with Crippen LogP contribution in [0, 0.1) is 0 Å². The number of hydrogen-bond donors (Lipinski definition) is 2. The summed E-state index contributed by atoms with van der Waals surface area (Å²) in [5, 5.41) is 2.80. The Kier molecular flexibility index (Phi) is 4.73. The van der Waals surface area contributed by atoms with Crippen molar-refractivity contribution in [3.63, 3.8) is 0 Å². The maximum atomic E-state index is 11.2. The van der Waals surface area contributed by atoms with Crippen molar-refractivity contribution in [2.24, 2.45) is 5.73 Å². The van der Waals surface area contributed by atoms with Crippen LogP contribution in [0.15, 0.2) is 0 Å². The largest absolute Gasteiger partial charge is 0.450 e. The topological polar surface area (TPSA) is 64.3 Å². The number of hydrogen-bond acceptors (Lipinski definition) is 3. The van der Waals surface area contributed by atoms with E-state index in [9.17, 15) is 4.79 Å². The Morgan fingerprint density at radius 1 is 1.57 bits per heavy atom. The van der Waals surface area contributed by atoms with Crippen molar-refractivity contribution < 1.29 is 9.53 Å². The van der Waals surface area contributed by atoms with Gasteiger partial charge in [0.15, 0.2) is 0 Å². The van der Waals surface area contributed by atoms with E-state index >= 15 is 0 Å². The summed E-state index contributed by atoms with van der Waals surface area (Å²) in [5.41, 5.74) is 5.81. The molecular formula is C10H20N2O2. The minimum absolute atomic E-state index is 0.105. The Bertz CT molecular complexity index is 185. The molecule has 82 valence electrons. The lowest BCUT2D eigenvalue weighted by molar-refractivity contribution is 0.140. The van der Waals surface area contributed by atoms with E-state index in [1.807, 2.05) is 0 Å². The average Bonchev–Trinajstić information content (AvgIpc) is 2.52. The second-order valence-electron chi connectivity index (χ2n) is 3.84. The number of alkyl carbamates (subject to hydrolysis) is 1. The summed E-state index contributed by atoms with van der Waals surface area (Å²) in [5.74, 6) is 0. The van der Waals surface area contributed by atoms with Crippen molar-refractivity contribution in [1.29, 1.82) is 0 Å². The van der Waals surface area contributed by atoms with Gasteiger partial charge in [-0.25, -0.2) is 4.79 Å². The molecule has 0 heterocycles. The van der Waals surface area contributed by atoms with Crippen molar-refractivity contribution in [1.82, 2.24) is 5.32 Å². The molecule has 4 nitrogen and oxygen atoms in total. The normalized spacial score (nSPS) is 26.1. The molecule has 0 bridgehead atoms. The Morgan fingerprint density at radius 2 is 2.36 bits per heavy atom. The van der Waals surface area contributed by atoms with Gasteiger partial charge < -0.3 is 15.8 Å². The van der Waals surface area contributed by atoms with E-state index in [4.69, 9.17) is 10.5 Å². The maximum Gasteiger partial charge on any atom is 0.407 e. The monoisotopic (exact) mass is 200 g/mol. The molecule has 2 atom stereocenters. The lowest BCUT2D eigenvalue weighted by Gasteiger charge is -2.16. The third kappa shape index (κ3) is 3.54. The molecule has 0 aromatic rings. The fourth-order valence-corrected chi connectivity index (χ4v) is 1.67. The van der Waals surface area contributed by atoms with Crippen LogP contribution in [0.1, 0.15) is 39.0 Å². The second-order valence-corrected chi connectivity index (χ2v) is 3.84. The van der Waals surface area contributed by atoms with Crippen molar-refractivity contribution >= 4 is 6.09 Å². The second kappa shape index (κ2) is 5.86. The van der Waals surface area contributed by atoms with E-state index in [2.05, 4.69) is 12.2 Å². The molecule has 1 fully saturated rings. The van der Waals surface area contributed by atoms with Gasteiger partial charge in [0.25, 0.3) is 0 Å². The summed E-state index contributed by atoms with van der Waals surface area (Å²) in [6.45, 7) is 2.57. The molecule has 1 rings (SSSR count). The summed E-state index contributed by atoms with van der Waals surface area (Å²) in [7, 11) is 0. The number of nitrogens with one attached hydrogen (secondary N) is 1. The maximum absolute atomic E-state index is 11.2. The number of amides is 1. The summed E-state index contributed by atoms with van der Waals surface area (Å²) in [6.07, 6.45) is 4.71. The van der Waals surface area contributed by atoms with E-state index in [1.54, 1.807) is 0 Å². The molecule has 0 radical (unpaired) electrons. The standard InChI is InChI=1S/C10H20N2O2/c1-2-3-7-14-10(13)12-9-6-4-5-8(9)11/h8-9H,2-7,11H2,1H3,(H,12,13)/t8-,9+/m1/s1. The molecule has 1 saturated carbocycles. The van der Waals surface area contributed by atoms with Crippen molar-refractivity contribution in [3.05, 3.63) is 0 Å². The van der Waals surface area contributed by atoms with Crippen LogP contribution in [0.5, 0.6) is 0 Å². The van der Waals surface area contributed by atoms with Gasteiger partial charge in [-0.05, 0) is 25.7 Å². The highest BCUT2D eigenvalue weighted by molar-refractivity contribution is 5.67. The smallest absolute Gasteiger partial charge is 0.407 e. The van der Waals surface area contributed by atoms with Gasteiger partial charge in [0, 0.05) is 12.1 Å². The molecule has 0 saturated heterocycles. The Labute approximate surface area is 85.2 Å². The third-order valence-electron chi connectivity index (χ3n) is 2.60. The predicted octanol–water partition coefficient (Wildman–Crippen LogP) is 1.39. The molecule has 0 aromatic carbocycles. The van der Waals surface area contributed by atoms with E-state index < -0.39 is 0 Å². The molecule has 0 unspecified atom stereocenters. The number of carbonyl (C=O) groups excluding carboxylic acids is 1. The van der Waals surface area contributed by atoms with E-state index in [0.29, 0.717) is 6.61 Å². The average molecular weight is 200 g/mol. The van der Waals surface area contributed by atoms with Crippen molar-refractivity contribution in [2.45, 2.75) is 51.1 Å². The van der Waals surface area contributed by atoms with Gasteiger partial charge in [-0.3, -0.25) is 0 Å². The van der Waals surface area contributed by atoms with Crippen LogP contribution in [0.25, 0.3) is 0 Å². The molecule has 1 amide bonds. The van der Waals surface area contributed by atoms with Crippen LogP contribution in [-0.4, -0.2) is 24.8 Å². The highest BCUT2D eigenvalue weighted by atomic mass is 16.5. The van der Waals surface area contributed by atoms with Crippen molar-refractivity contribution in [3.8, 4) is 0 Å².